The summed E-state index contributed by atoms with van der Waals surface area (Å²) in [6, 6.07) is 23.0. The summed E-state index contributed by atoms with van der Waals surface area (Å²) in [6.45, 7) is 15.9. The maximum absolute atomic E-state index is 8.89. The van der Waals surface area contributed by atoms with E-state index in [1.165, 1.54) is 0 Å². The van der Waals surface area contributed by atoms with Gasteiger partial charge in [0.05, 0.1) is 66.1 Å². The second-order valence-corrected chi connectivity index (χ2v) is 21.1. The van der Waals surface area contributed by atoms with Crippen molar-refractivity contribution in [3.63, 3.8) is 0 Å². The molecule has 0 spiro atoms. The SMILES string of the molecule is CC1(C)OCC(COc2ccc3c(c2)-c2nc-3nc3[nH]c(nc4nc(nc5[nH]c(n2)c2ccc(OCC6COC(C)(C)O6)cc52)-c2ccc(OCCOCCOCCOCCO)cc2-4)c2ccc(OCC4COC(C)(C)O4)cc32)O1. The Bertz CT molecular complexity index is 3550. The number of fused-ring (bicyclic) bond motifs is 20. The van der Waals surface area contributed by atoms with Gasteiger partial charge in [0, 0.05) is 43.8 Å². The third-order valence-corrected chi connectivity index (χ3v) is 13.7. The molecule has 3 saturated heterocycles. The molecule has 8 heterocycles. The van der Waals surface area contributed by atoms with Crippen molar-refractivity contribution < 1.29 is 66.7 Å². The van der Waals surface area contributed by atoms with E-state index in [2.05, 4.69) is 9.97 Å². The predicted molar refractivity (Wildman–Crippen MR) is 292 cm³/mol. The highest BCUT2D eigenvalue weighted by Gasteiger charge is 2.35. The van der Waals surface area contributed by atoms with Crippen LogP contribution < -0.4 is 18.9 Å². The molecule has 0 aliphatic carbocycles. The molecule has 0 amide bonds. The van der Waals surface area contributed by atoms with Crippen LogP contribution in [0.15, 0.2) is 72.8 Å². The third-order valence-electron chi connectivity index (χ3n) is 13.7. The van der Waals surface area contributed by atoms with Gasteiger partial charge in [0.15, 0.2) is 40.7 Å². The molecule has 22 heteroatoms. The minimum absolute atomic E-state index is 0.0245. The molecule has 3 atom stereocenters. The largest absolute Gasteiger partial charge is 0.491 e. The number of aromatic nitrogens is 8. The summed E-state index contributed by atoms with van der Waals surface area (Å²) in [7, 11) is 0. The molecule has 5 aliphatic heterocycles. The van der Waals surface area contributed by atoms with E-state index >= 15 is 0 Å². The number of aliphatic hydroxyl groups is 1. The van der Waals surface area contributed by atoms with Crippen LogP contribution in [0.25, 0.3) is 89.7 Å². The van der Waals surface area contributed by atoms with Gasteiger partial charge in [-0.3, -0.25) is 0 Å². The molecule has 420 valence electrons. The summed E-state index contributed by atoms with van der Waals surface area (Å²) in [5.74, 6) is 1.90. The maximum atomic E-state index is 8.89. The van der Waals surface area contributed by atoms with Gasteiger partial charge in [0.2, 0.25) is 0 Å². The average Bonchev–Trinajstić information content (AvgIpc) is 4.42. The number of nitrogens with one attached hydrogen (secondary N) is 2. The Morgan fingerprint density at radius 3 is 1.16 bits per heavy atom. The van der Waals surface area contributed by atoms with Gasteiger partial charge in [-0.25, -0.2) is 29.9 Å². The minimum Gasteiger partial charge on any atom is -0.491 e. The number of H-pyrrole nitrogens is 2. The van der Waals surface area contributed by atoms with Crippen molar-refractivity contribution in [2.75, 3.05) is 92.5 Å². The van der Waals surface area contributed by atoms with Crippen molar-refractivity contribution in [2.45, 2.75) is 77.2 Å². The molecule has 0 saturated carbocycles. The van der Waals surface area contributed by atoms with Gasteiger partial charge in [-0.15, -0.1) is 0 Å². The van der Waals surface area contributed by atoms with Crippen LogP contribution in [-0.2, 0) is 42.6 Å². The van der Waals surface area contributed by atoms with Crippen molar-refractivity contribution in [2.24, 2.45) is 0 Å². The van der Waals surface area contributed by atoms with Gasteiger partial charge in [-0.1, -0.05) is 0 Å². The van der Waals surface area contributed by atoms with Crippen molar-refractivity contribution in [3.8, 4) is 68.5 Å². The number of hydrogen-bond donors (Lipinski definition) is 3. The molecule has 3 N–H and O–H groups in total. The summed E-state index contributed by atoms with van der Waals surface area (Å²) < 4.78 is 77.5. The van der Waals surface area contributed by atoms with Crippen LogP contribution in [0.1, 0.15) is 41.5 Å². The summed E-state index contributed by atoms with van der Waals surface area (Å²) in [4.78, 5) is 38.4. The van der Waals surface area contributed by atoms with E-state index in [1.54, 1.807) is 0 Å². The number of aliphatic hydroxyl groups excluding tert-OH is 1. The molecule has 22 nitrogen and oxygen atoms in total. The van der Waals surface area contributed by atoms with E-state index in [4.69, 9.17) is 96.6 Å². The predicted octanol–water partition coefficient (Wildman–Crippen LogP) is 7.88. The highest BCUT2D eigenvalue weighted by Crippen LogP contribution is 2.41. The molecule has 12 rings (SSSR count). The second-order valence-electron chi connectivity index (χ2n) is 21.1. The number of aromatic amines is 2. The smallest absolute Gasteiger partial charge is 0.164 e. The second kappa shape index (κ2) is 22.5. The van der Waals surface area contributed by atoms with Crippen LogP contribution >= 0.6 is 0 Å². The topological polar surface area (TPSA) is 249 Å². The molecule has 7 aromatic rings. The molecule has 3 aromatic heterocycles. The van der Waals surface area contributed by atoms with E-state index in [0.717, 1.165) is 32.7 Å². The zero-order valence-corrected chi connectivity index (χ0v) is 45.5. The first-order valence-electron chi connectivity index (χ1n) is 26.9. The fraction of sp³-hybridized carbons (Fsp3) is 0.448. The van der Waals surface area contributed by atoms with E-state index in [9.17, 15) is 0 Å². The fourth-order valence-electron chi connectivity index (χ4n) is 10.00. The van der Waals surface area contributed by atoms with Crippen LogP contribution in [0.4, 0.5) is 0 Å². The van der Waals surface area contributed by atoms with Gasteiger partial charge in [-0.05, 0) is 114 Å². The summed E-state index contributed by atoms with van der Waals surface area (Å²) in [6.07, 6.45) is -0.747. The highest BCUT2D eigenvalue weighted by molar-refractivity contribution is 6.07. The Morgan fingerprint density at radius 1 is 0.412 bits per heavy atom. The Labute approximate surface area is 460 Å². The molecular weight excluding hydrogens is 1030 g/mol. The van der Waals surface area contributed by atoms with Crippen molar-refractivity contribution in [1.82, 2.24) is 39.9 Å². The Morgan fingerprint density at radius 2 is 0.762 bits per heavy atom. The first-order valence-corrected chi connectivity index (χ1v) is 26.9. The van der Waals surface area contributed by atoms with E-state index in [1.807, 2.05) is 114 Å². The lowest BCUT2D eigenvalue weighted by Gasteiger charge is -2.17. The van der Waals surface area contributed by atoms with Gasteiger partial charge in [-0.2, -0.15) is 0 Å². The van der Waals surface area contributed by atoms with Gasteiger partial charge in [0.25, 0.3) is 0 Å². The lowest BCUT2D eigenvalue weighted by Crippen LogP contribution is -2.25. The average molecular weight is 1100 g/mol. The monoisotopic (exact) mass is 1100 g/mol. The van der Waals surface area contributed by atoms with Crippen LogP contribution in [0.3, 0.4) is 0 Å². The van der Waals surface area contributed by atoms with Crippen LogP contribution in [0.2, 0.25) is 0 Å². The van der Waals surface area contributed by atoms with Crippen molar-refractivity contribution in [3.05, 3.63) is 72.8 Å². The van der Waals surface area contributed by atoms with E-state index in [0.29, 0.717) is 133 Å². The zero-order chi connectivity index (χ0) is 55.0. The first-order chi connectivity index (χ1) is 38.7. The number of benzene rings is 4. The molecular formula is C58H64N8O14. The lowest BCUT2D eigenvalue weighted by atomic mass is 10.1. The lowest BCUT2D eigenvalue weighted by molar-refractivity contribution is -0.141. The number of hydrogen-bond acceptors (Lipinski definition) is 20. The van der Waals surface area contributed by atoms with Crippen LogP contribution in [0, 0.1) is 0 Å². The third kappa shape index (κ3) is 12.1. The number of nitrogens with zero attached hydrogens (tertiary/aromatic N) is 6. The summed E-state index contributed by atoms with van der Waals surface area (Å²) in [5, 5.41) is 11.9. The standard InChI is InChI=1S/C58H64N8O14/c1-56(2)75-30-37(78-56)27-72-34-8-12-41-45(24-34)54-62-49(41)60-52-44-23-33(71-22-21-70-20-19-69-18-17-68-16-15-67)7-11-40(44)48(59-52)61-53-46-25-35(73-28-38-31-76-57(3,4)79-38)9-13-42(46)50(63-53)65-55-47-26-36(10-14-43(47)51(64-54)66-55)74-29-39-32-77-58(5,6)80-39/h7-14,23-26,37-39,67H,15-22,27-32H2,1-6H3,(H2,59,60,61,62,63,64,65,66). The van der Waals surface area contributed by atoms with Crippen LogP contribution in [0.5, 0.6) is 23.0 Å². The van der Waals surface area contributed by atoms with Gasteiger partial charge >= 0.3 is 0 Å². The number of rotatable bonds is 21. The molecule has 3 unspecified atom stereocenters. The number of ether oxygens (including phenoxy) is 13. The molecule has 5 aliphatic rings. The Balaban J connectivity index is 0.963. The highest BCUT2D eigenvalue weighted by atomic mass is 16.8. The molecule has 0 radical (unpaired) electrons. The quantitative estimate of drug-likeness (QED) is 0.0579. The maximum Gasteiger partial charge on any atom is 0.164 e. The van der Waals surface area contributed by atoms with Gasteiger partial charge in [0.1, 0.15) is 90.3 Å². The summed E-state index contributed by atoms with van der Waals surface area (Å²) in [5.41, 5.74) is 4.80. The molecule has 4 aromatic carbocycles. The molecule has 8 bridgehead atoms. The van der Waals surface area contributed by atoms with E-state index < -0.39 is 17.4 Å². The normalized spacial score (nSPS) is 19.6. The van der Waals surface area contributed by atoms with Crippen molar-refractivity contribution >= 4 is 44.1 Å². The molecule has 3 fully saturated rings. The van der Waals surface area contributed by atoms with Gasteiger partial charge < -0.3 is 76.7 Å². The molecule has 80 heavy (non-hydrogen) atoms. The van der Waals surface area contributed by atoms with E-state index in [-0.39, 0.29) is 58.0 Å². The first kappa shape index (κ1) is 53.7. The Kier molecular flexibility index (Phi) is 15.1. The zero-order valence-electron chi connectivity index (χ0n) is 45.5. The Hall–Kier alpha value is -6.96. The fourth-order valence-corrected chi connectivity index (χ4v) is 10.00. The van der Waals surface area contributed by atoms with Crippen molar-refractivity contribution in [1.29, 1.82) is 0 Å². The van der Waals surface area contributed by atoms with Crippen LogP contribution in [-0.4, -0.2) is 173 Å². The minimum atomic E-state index is -0.695. The summed E-state index contributed by atoms with van der Waals surface area (Å²) >= 11 is 0.